The quantitative estimate of drug-likeness (QED) is 0.487. The summed E-state index contributed by atoms with van der Waals surface area (Å²) in [4.78, 5) is 1.37. The minimum atomic E-state index is 0.642. The molecule has 0 aromatic heterocycles. The molecule has 0 bridgehead atoms. The molecule has 0 aliphatic rings. The minimum absolute atomic E-state index is 0.642. The molecule has 15 heavy (non-hydrogen) atoms. The number of hydrogen-bond donors (Lipinski definition) is 0. The van der Waals surface area contributed by atoms with E-state index in [1.54, 1.807) is 0 Å². The summed E-state index contributed by atoms with van der Waals surface area (Å²) in [6, 6.07) is 8.98. The lowest BCUT2D eigenvalue weighted by molar-refractivity contribution is 0.674. The van der Waals surface area contributed by atoms with Gasteiger partial charge >= 0.3 is 0 Å². The Morgan fingerprint density at radius 2 is 1.93 bits per heavy atom. The van der Waals surface area contributed by atoms with E-state index in [4.69, 9.17) is 0 Å². The molecule has 0 radical (unpaired) electrons. The highest BCUT2D eigenvalue weighted by Gasteiger charge is 2.06. The molecule has 0 N–H and O–H groups in total. The summed E-state index contributed by atoms with van der Waals surface area (Å²) < 4.78 is 0. The standard InChI is InChI=1S/C14H20S/c1-4-7-12(5-2)13-8-10-14(11-9-13)15-6-3/h4,8-12H,1,5-7H2,2-3H3. The highest BCUT2D eigenvalue weighted by Crippen LogP contribution is 2.26. The Morgan fingerprint density at radius 1 is 1.27 bits per heavy atom. The summed E-state index contributed by atoms with van der Waals surface area (Å²) in [5.41, 5.74) is 1.44. The molecule has 0 aliphatic carbocycles. The summed E-state index contributed by atoms with van der Waals surface area (Å²) in [7, 11) is 0. The smallest absolute Gasteiger partial charge is 0.00720 e. The molecule has 0 saturated carbocycles. The summed E-state index contributed by atoms with van der Waals surface area (Å²) in [5, 5.41) is 0. The number of benzene rings is 1. The van der Waals surface area contributed by atoms with Gasteiger partial charge in [0.1, 0.15) is 0 Å². The molecule has 82 valence electrons. The summed E-state index contributed by atoms with van der Waals surface area (Å²) in [6.07, 6.45) is 4.28. The van der Waals surface area contributed by atoms with Crippen LogP contribution in [0.15, 0.2) is 41.8 Å². The van der Waals surface area contributed by atoms with Gasteiger partial charge in [0.2, 0.25) is 0 Å². The zero-order chi connectivity index (χ0) is 11.1. The van der Waals surface area contributed by atoms with Gasteiger partial charge in [-0.05, 0) is 42.2 Å². The van der Waals surface area contributed by atoms with Crippen LogP contribution in [0.2, 0.25) is 0 Å². The predicted octanol–water partition coefficient (Wildman–Crippen LogP) is 4.87. The molecular formula is C14H20S. The van der Waals surface area contributed by atoms with Gasteiger partial charge in [-0.15, -0.1) is 18.3 Å². The molecule has 0 amide bonds. The largest absolute Gasteiger partial charge is 0.126 e. The molecule has 1 rings (SSSR count). The first-order chi connectivity index (χ1) is 7.31. The van der Waals surface area contributed by atoms with Crippen molar-refractivity contribution >= 4 is 11.8 Å². The van der Waals surface area contributed by atoms with E-state index in [1.165, 1.54) is 16.9 Å². The second-order valence-electron chi connectivity index (χ2n) is 3.63. The molecule has 0 nitrogen and oxygen atoms in total. The van der Waals surface area contributed by atoms with Gasteiger partial charge in [-0.1, -0.05) is 32.1 Å². The maximum Gasteiger partial charge on any atom is 0.00720 e. The van der Waals surface area contributed by atoms with Gasteiger partial charge < -0.3 is 0 Å². The van der Waals surface area contributed by atoms with E-state index in [1.807, 2.05) is 17.8 Å². The van der Waals surface area contributed by atoms with Gasteiger partial charge in [-0.3, -0.25) is 0 Å². The molecular weight excluding hydrogens is 200 g/mol. The van der Waals surface area contributed by atoms with Crippen molar-refractivity contribution in [2.75, 3.05) is 5.75 Å². The van der Waals surface area contributed by atoms with Crippen LogP contribution in [0, 0.1) is 0 Å². The van der Waals surface area contributed by atoms with Gasteiger partial charge in [-0.2, -0.15) is 0 Å². The van der Waals surface area contributed by atoms with Gasteiger partial charge in [0, 0.05) is 4.90 Å². The Labute approximate surface area is 97.8 Å². The second-order valence-corrected chi connectivity index (χ2v) is 4.97. The van der Waals surface area contributed by atoms with Crippen molar-refractivity contribution < 1.29 is 0 Å². The van der Waals surface area contributed by atoms with Crippen LogP contribution < -0.4 is 0 Å². The lowest BCUT2D eigenvalue weighted by Gasteiger charge is -2.13. The Balaban J connectivity index is 2.72. The Bertz CT molecular complexity index is 287. The Kier molecular flexibility index (Phi) is 5.56. The number of rotatable bonds is 6. The molecule has 0 heterocycles. The molecule has 0 spiro atoms. The second kappa shape index (κ2) is 6.73. The van der Waals surface area contributed by atoms with Crippen LogP contribution in [0.5, 0.6) is 0 Å². The Morgan fingerprint density at radius 3 is 2.40 bits per heavy atom. The van der Waals surface area contributed by atoms with Crippen LogP contribution in [-0.4, -0.2) is 5.75 Å². The van der Waals surface area contributed by atoms with E-state index in [0.29, 0.717) is 5.92 Å². The van der Waals surface area contributed by atoms with Gasteiger partial charge in [0.15, 0.2) is 0 Å². The predicted molar refractivity (Wildman–Crippen MR) is 70.7 cm³/mol. The first kappa shape index (κ1) is 12.4. The van der Waals surface area contributed by atoms with Gasteiger partial charge in [0.05, 0.1) is 0 Å². The van der Waals surface area contributed by atoms with Crippen LogP contribution in [0.4, 0.5) is 0 Å². The number of thioether (sulfide) groups is 1. The van der Waals surface area contributed by atoms with Crippen molar-refractivity contribution in [2.24, 2.45) is 0 Å². The summed E-state index contributed by atoms with van der Waals surface area (Å²) in [6.45, 7) is 8.24. The van der Waals surface area contributed by atoms with E-state index in [-0.39, 0.29) is 0 Å². The van der Waals surface area contributed by atoms with Crippen molar-refractivity contribution in [1.82, 2.24) is 0 Å². The van der Waals surface area contributed by atoms with Crippen molar-refractivity contribution in [3.05, 3.63) is 42.5 Å². The number of allylic oxidation sites excluding steroid dienone is 1. The van der Waals surface area contributed by atoms with Gasteiger partial charge in [-0.25, -0.2) is 0 Å². The third kappa shape index (κ3) is 3.75. The Hall–Kier alpha value is -0.690. The lowest BCUT2D eigenvalue weighted by Crippen LogP contribution is -1.95. The molecule has 0 fully saturated rings. The highest BCUT2D eigenvalue weighted by molar-refractivity contribution is 7.99. The van der Waals surface area contributed by atoms with E-state index in [2.05, 4.69) is 44.7 Å². The van der Waals surface area contributed by atoms with Crippen LogP contribution in [0.3, 0.4) is 0 Å². The van der Waals surface area contributed by atoms with Crippen molar-refractivity contribution in [3.8, 4) is 0 Å². The third-order valence-corrected chi connectivity index (χ3v) is 3.50. The monoisotopic (exact) mass is 220 g/mol. The highest BCUT2D eigenvalue weighted by atomic mass is 32.2. The lowest BCUT2D eigenvalue weighted by atomic mass is 9.93. The maximum atomic E-state index is 3.82. The fourth-order valence-corrected chi connectivity index (χ4v) is 2.40. The van der Waals surface area contributed by atoms with Crippen molar-refractivity contribution in [3.63, 3.8) is 0 Å². The van der Waals surface area contributed by atoms with E-state index >= 15 is 0 Å². The van der Waals surface area contributed by atoms with Crippen LogP contribution in [-0.2, 0) is 0 Å². The zero-order valence-corrected chi connectivity index (χ0v) is 10.5. The van der Waals surface area contributed by atoms with Crippen LogP contribution in [0.25, 0.3) is 0 Å². The minimum Gasteiger partial charge on any atom is -0.126 e. The fraction of sp³-hybridized carbons (Fsp3) is 0.429. The fourth-order valence-electron chi connectivity index (χ4n) is 1.74. The molecule has 1 heteroatoms. The van der Waals surface area contributed by atoms with Crippen LogP contribution in [0.1, 0.15) is 38.2 Å². The zero-order valence-electron chi connectivity index (χ0n) is 9.70. The van der Waals surface area contributed by atoms with Crippen LogP contribution >= 0.6 is 11.8 Å². The van der Waals surface area contributed by atoms with E-state index in [9.17, 15) is 0 Å². The summed E-state index contributed by atoms with van der Waals surface area (Å²) >= 11 is 1.90. The normalized spacial score (nSPS) is 12.4. The molecule has 0 aliphatic heterocycles. The van der Waals surface area contributed by atoms with Crippen molar-refractivity contribution in [2.45, 2.75) is 37.5 Å². The topological polar surface area (TPSA) is 0 Å². The van der Waals surface area contributed by atoms with E-state index < -0.39 is 0 Å². The SMILES string of the molecule is C=CCC(CC)c1ccc(SCC)cc1. The third-order valence-electron chi connectivity index (χ3n) is 2.61. The van der Waals surface area contributed by atoms with Gasteiger partial charge in [0.25, 0.3) is 0 Å². The van der Waals surface area contributed by atoms with E-state index in [0.717, 1.165) is 12.2 Å². The maximum absolute atomic E-state index is 3.82. The molecule has 1 aromatic rings. The first-order valence-electron chi connectivity index (χ1n) is 5.65. The average Bonchev–Trinajstić information content (AvgIpc) is 2.28. The molecule has 1 aromatic carbocycles. The van der Waals surface area contributed by atoms with Crippen molar-refractivity contribution in [1.29, 1.82) is 0 Å². The number of hydrogen-bond acceptors (Lipinski definition) is 1. The molecule has 0 saturated heterocycles. The molecule has 1 atom stereocenters. The first-order valence-corrected chi connectivity index (χ1v) is 6.64. The summed E-state index contributed by atoms with van der Waals surface area (Å²) in [5.74, 6) is 1.78. The average molecular weight is 220 g/mol. The molecule has 1 unspecified atom stereocenters.